The summed E-state index contributed by atoms with van der Waals surface area (Å²) in [5.41, 5.74) is 2.60. The molecular formula is C20H20N4O3. The highest BCUT2D eigenvalue weighted by molar-refractivity contribution is 5.94. The van der Waals surface area contributed by atoms with Crippen molar-refractivity contribution in [2.75, 3.05) is 19.5 Å². The van der Waals surface area contributed by atoms with E-state index in [9.17, 15) is 4.79 Å². The number of aromatic nitrogens is 2. The molecule has 138 valence electrons. The zero-order valence-corrected chi connectivity index (χ0v) is 15.1. The molecule has 0 saturated heterocycles. The van der Waals surface area contributed by atoms with E-state index in [1.54, 1.807) is 38.7 Å². The van der Waals surface area contributed by atoms with E-state index >= 15 is 0 Å². The minimum absolute atomic E-state index is 0.227. The molecule has 0 saturated carbocycles. The van der Waals surface area contributed by atoms with E-state index in [2.05, 4.69) is 20.6 Å². The highest BCUT2D eigenvalue weighted by atomic mass is 16.5. The van der Waals surface area contributed by atoms with E-state index in [-0.39, 0.29) is 5.91 Å². The topological polar surface area (TPSA) is 85.4 Å². The Labute approximate surface area is 157 Å². The van der Waals surface area contributed by atoms with Crippen molar-refractivity contribution in [2.45, 2.75) is 6.54 Å². The van der Waals surface area contributed by atoms with Gasteiger partial charge >= 0.3 is 0 Å². The molecule has 2 N–H and O–H groups in total. The van der Waals surface area contributed by atoms with E-state index < -0.39 is 0 Å². The van der Waals surface area contributed by atoms with E-state index in [0.717, 1.165) is 5.69 Å². The second-order valence-corrected chi connectivity index (χ2v) is 5.66. The van der Waals surface area contributed by atoms with Crippen LogP contribution in [0.25, 0.3) is 0 Å². The fraction of sp³-hybridized carbons (Fsp3) is 0.150. The molecule has 7 nitrogen and oxygen atoms in total. The predicted octanol–water partition coefficient (Wildman–Crippen LogP) is 3.17. The second kappa shape index (κ2) is 8.66. The maximum absolute atomic E-state index is 12.4. The van der Waals surface area contributed by atoms with Gasteiger partial charge in [0.1, 0.15) is 11.5 Å². The lowest BCUT2D eigenvalue weighted by Gasteiger charge is -2.13. The maximum Gasteiger partial charge on any atom is 0.253 e. The molecule has 0 aliphatic carbocycles. The van der Waals surface area contributed by atoms with Gasteiger partial charge in [0.25, 0.3) is 5.91 Å². The number of amides is 1. The van der Waals surface area contributed by atoms with Crippen molar-refractivity contribution in [1.29, 1.82) is 0 Å². The Morgan fingerprint density at radius 1 is 1.07 bits per heavy atom. The molecule has 0 aliphatic heterocycles. The first-order chi connectivity index (χ1) is 13.2. The molecule has 0 bridgehead atoms. The summed E-state index contributed by atoms with van der Waals surface area (Å²) in [5, 5.41) is 6.04. The minimum Gasteiger partial charge on any atom is -0.497 e. The van der Waals surface area contributed by atoms with Crippen molar-refractivity contribution in [3.05, 3.63) is 72.3 Å². The molecule has 2 aromatic heterocycles. The van der Waals surface area contributed by atoms with Gasteiger partial charge in [0.15, 0.2) is 0 Å². The lowest BCUT2D eigenvalue weighted by Crippen LogP contribution is -2.23. The van der Waals surface area contributed by atoms with Crippen LogP contribution in [0.1, 0.15) is 16.1 Å². The van der Waals surface area contributed by atoms with Crippen molar-refractivity contribution < 1.29 is 14.3 Å². The highest BCUT2D eigenvalue weighted by Gasteiger charge is 2.10. The summed E-state index contributed by atoms with van der Waals surface area (Å²) < 4.78 is 10.6. The highest BCUT2D eigenvalue weighted by Crippen LogP contribution is 2.31. The summed E-state index contributed by atoms with van der Waals surface area (Å²) >= 11 is 0. The van der Waals surface area contributed by atoms with Gasteiger partial charge in [-0.1, -0.05) is 6.07 Å². The Hall–Kier alpha value is -3.61. The number of carbonyl (C=O) groups is 1. The molecule has 3 aromatic rings. The molecule has 0 radical (unpaired) electrons. The Morgan fingerprint density at radius 2 is 1.96 bits per heavy atom. The average molecular weight is 364 g/mol. The minimum atomic E-state index is -0.227. The number of nitrogens with zero attached hydrogens (tertiary/aromatic N) is 2. The van der Waals surface area contributed by atoms with Crippen LogP contribution >= 0.6 is 0 Å². The number of hydrogen-bond donors (Lipinski definition) is 2. The quantitative estimate of drug-likeness (QED) is 0.670. The fourth-order valence-electron chi connectivity index (χ4n) is 2.48. The van der Waals surface area contributed by atoms with E-state index in [4.69, 9.17) is 9.47 Å². The number of hydrogen-bond acceptors (Lipinski definition) is 6. The Kier molecular flexibility index (Phi) is 5.84. The van der Waals surface area contributed by atoms with Crippen molar-refractivity contribution in [3.8, 4) is 11.5 Å². The molecule has 0 unspecified atom stereocenters. The Balaban J connectivity index is 1.73. The van der Waals surface area contributed by atoms with Crippen LogP contribution in [0.5, 0.6) is 11.5 Å². The van der Waals surface area contributed by atoms with Crippen LogP contribution in [0, 0.1) is 0 Å². The lowest BCUT2D eigenvalue weighted by atomic mass is 10.2. The molecule has 1 amide bonds. The third-order valence-electron chi connectivity index (χ3n) is 3.84. The summed E-state index contributed by atoms with van der Waals surface area (Å²) in [5.74, 6) is 1.12. The van der Waals surface area contributed by atoms with Gasteiger partial charge in [-0.15, -0.1) is 0 Å². The number of anilines is 2. The number of methoxy groups -OCH3 is 2. The molecule has 27 heavy (non-hydrogen) atoms. The van der Waals surface area contributed by atoms with Crippen molar-refractivity contribution in [3.63, 3.8) is 0 Å². The van der Waals surface area contributed by atoms with Gasteiger partial charge in [0.05, 0.1) is 49.6 Å². The third-order valence-corrected chi connectivity index (χ3v) is 3.84. The van der Waals surface area contributed by atoms with Crippen LogP contribution in [0.3, 0.4) is 0 Å². The van der Waals surface area contributed by atoms with Gasteiger partial charge in [-0.05, 0) is 30.3 Å². The fourth-order valence-corrected chi connectivity index (χ4v) is 2.48. The Morgan fingerprint density at radius 3 is 2.70 bits per heavy atom. The summed E-state index contributed by atoms with van der Waals surface area (Å²) in [6.45, 7) is 0.348. The molecule has 0 spiro atoms. The molecule has 2 heterocycles. The second-order valence-electron chi connectivity index (χ2n) is 5.66. The first-order valence-electron chi connectivity index (χ1n) is 8.32. The van der Waals surface area contributed by atoms with Crippen LogP contribution < -0.4 is 20.1 Å². The first-order valence-corrected chi connectivity index (χ1v) is 8.32. The predicted molar refractivity (Wildman–Crippen MR) is 102 cm³/mol. The molecule has 7 heteroatoms. The maximum atomic E-state index is 12.4. The monoisotopic (exact) mass is 364 g/mol. The van der Waals surface area contributed by atoms with Crippen LogP contribution in [-0.4, -0.2) is 30.1 Å². The normalized spacial score (nSPS) is 10.1. The molecule has 0 atom stereocenters. The largest absolute Gasteiger partial charge is 0.497 e. The number of carbonyl (C=O) groups excluding carboxylic acids is 1. The van der Waals surface area contributed by atoms with Gasteiger partial charge in [-0.3, -0.25) is 14.8 Å². The van der Waals surface area contributed by atoms with E-state index in [1.807, 2.05) is 30.3 Å². The van der Waals surface area contributed by atoms with Crippen molar-refractivity contribution >= 4 is 17.3 Å². The standard InChI is InChI=1S/C20H20N4O3/c1-26-17-6-7-19(27-2)18(10-17)24-16-9-14(11-21-12-16)20(25)23-13-15-5-3-4-8-22-15/h3-12,24H,13H2,1-2H3,(H,23,25). The van der Waals surface area contributed by atoms with Crippen LogP contribution in [-0.2, 0) is 6.54 Å². The smallest absolute Gasteiger partial charge is 0.253 e. The average Bonchev–Trinajstić information content (AvgIpc) is 2.73. The number of benzene rings is 1. The molecule has 0 fully saturated rings. The first kappa shape index (κ1) is 18.2. The molecular weight excluding hydrogens is 344 g/mol. The Bertz CT molecular complexity index is 916. The van der Waals surface area contributed by atoms with Gasteiger partial charge in [-0.25, -0.2) is 0 Å². The van der Waals surface area contributed by atoms with Gasteiger partial charge < -0.3 is 20.1 Å². The van der Waals surface area contributed by atoms with E-state index in [1.165, 1.54) is 6.20 Å². The van der Waals surface area contributed by atoms with Gasteiger partial charge in [0.2, 0.25) is 0 Å². The number of nitrogens with one attached hydrogen (secondary N) is 2. The van der Waals surface area contributed by atoms with Crippen LogP contribution in [0.2, 0.25) is 0 Å². The summed E-state index contributed by atoms with van der Waals surface area (Å²) in [7, 11) is 3.19. The molecule has 1 aromatic carbocycles. The van der Waals surface area contributed by atoms with Crippen molar-refractivity contribution in [2.24, 2.45) is 0 Å². The molecule has 3 rings (SSSR count). The number of ether oxygens (including phenoxy) is 2. The van der Waals surface area contributed by atoms with Crippen LogP contribution in [0.15, 0.2) is 61.1 Å². The zero-order chi connectivity index (χ0) is 19.1. The van der Waals surface area contributed by atoms with Gasteiger partial charge in [-0.2, -0.15) is 0 Å². The number of pyridine rings is 2. The SMILES string of the molecule is COc1ccc(OC)c(Nc2cncc(C(=O)NCc3ccccn3)c2)c1. The molecule has 0 aliphatic rings. The summed E-state index contributed by atoms with van der Waals surface area (Å²) in [6.07, 6.45) is 4.84. The van der Waals surface area contributed by atoms with Gasteiger partial charge in [0, 0.05) is 18.5 Å². The lowest BCUT2D eigenvalue weighted by molar-refractivity contribution is 0.0950. The van der Waals surface area contributed by atoms with E-state index in [0.29, 0.717) is 35.0 Å². The van der Waals surface area contributed by atoms with Crippen molar-refractivity contribution in [1.82, 2.24) is 15.3 Å². The number of rotatable bonds is 7. The summed E-state index contributed by atoms with van der Waals surface area (Å²) in [4.78, 5) is 20.7. The van der Waals surface area contributed by atoms with Crippen LogP contribution in [0.4, 0.5) is 11.4 Å². The summed E-state index contributed by atoms with van der Waals surface area (Å²) in [6, 6.07) is 12.7. The zero-order valence-electron chi connectivity index (χ0n) is 15.1. The third kappa shape index (κ3) is 4.72.